The number of amidine groups is 1. The number of pyridine rings is 1. The summed E-state index contributed by atoms with van der Waals surface area (Å²) in [6, 6.07) is 3.55. The minimum absolute atomic E-state index is 0.245. The Balaban J connectivity index is 2.90. The maximum Gasteiger partial charge on any atom is 0.143 e. The standard InChI is InChI=1S/C7H9BrN4/c1-12(10)7(9)5-2-3-6(8)11-4-5/h2-4,9H,10H2,1H3. The second kappa shape index (κ2) is 3.64. The minimum Gasteiger partial charge on any atom is -0.298 e. The first kappa shape index (κ1) is 9.15. The molecular formula is C7H9BrN4. The number of hydrazine groups is 1. The van der Waals surface area contributed by atoms with Gasteiger partial charge in [-0.1, -0.05) is 0 Å². The van der Waals surface area contributed by atoms with Gasteiger partial charge in [-0.15, -0.1) is 0 Å². The highest BCUT2D eigenvalue weighted by Crippen LogP contribution is 2.06. The lowest BCUT2D eigenvalue weighted by Crippen LogP contribution is -2.33. The first-order valence-corrected chi connectivity index (χ1v) is 4.09. The molecule has 0 fully saturated rings. The number of aromatic nitrogens is 1. The molecule has 4 nitrogen and oxygen atoms in total. The van der Waals surface area contributed by atoms with Gasteiger partial charge >= 0.3 is 0 Å². The highest BCUT2D eigenvalue weighted by molar-refractivity contribution is 9.10. The lowest BCUT2D eigenvalue weighted by molar-refractivity contribution is 0.536. The summed E-state index contributed by atoms with van der Waals surface area (Å²) in [4.78, 5) is 3.98. The summed E-state index contributed by atoms with van der Waals surface area (Å²) in [5.74, 6) is 5.62. The molecule has 1 heterocycles. The molecule has 0 aliphatic heterocycles. The van der Waals surface area contributed by atoms with E-state index in [4.69, 9.17) is 11.3 Å². The Morgan fingerprint density at radius 2 is 2.33 bits per heavy atom. The molecular weight excluding hydrogens is 220 g/mol. The normalized spacial score (nSPS) is 9.58. The molecule has 0 spiro atoms. The van der Waals surface area contributed by atoms with E-state index in [2.05, 4.69) is 20.9 Å². The predicted molar refractivity (Wildman–Crippen MR) is 50.7 cm³/mol. The third-order valence-corrected chi connectivity index (χ3v) is 1.82. The van der Waals surface area contributed by atoms with Crippen molar-refractivity contribution in [2.75, 3.05) is 7.05 Å². The van der Waals surface area contributed by atoms with Crippen LogP contribution in [0.2, 0.25) is 0 Å². The molecule has 0 saturated heterocycles. The molecule has 0 radical (unpaired) electrons. The highest BCUT2D eigenvalue weighted by atomic mass is 79.9. The third-order valence-electron chi connectivity index (χ3n) is 1.35. The molecule has 3 N–H and O–H groups in total. The monoisotopic (exact) mass is 228 g/mol. The molecule has 1 rings (SSSR count). The van der Waals surface area contributed by atoms with Crippen LogP contribution in [-0.4, -0.2) is 22.9 Å². The molecule has 0 amide bonds. The Hall–Kier alpha value is -0.940. The van der Waals surface area contributed by atoms with Gasteiger partial charge in [0.25, 0.3) is 0 Å². The van der Waals surface area contributed by atoms with Crippen molar-refractivity contribution >= 4 is 21.8 Å². The summed E-state index contributed by atoms with van der Waals surface area (Å²) in [5.41, 5.74) is 0.697. The van der Waals surface area contributed by atoms with Crippen LogP contribution >= 0.6 is 15.9 Å². The van der Waals surface area contributed by atoms with Gasteiger partial charge in [-0.25, -0.2) is 10.8 Å². The van der Waals surface area contributed by atoms with E-state index in [1.54, 1.807) is 25.4 Å². The smallest absolute Gasteiger partial charge is 0.143 e. The van der Waals surface area contributed by atoms with Crippen molar-refractivity contribution in [3.63, 3.8) is 0 Å². The minimum atomic E-state index is 0.245. The summed E-state index contributed by atoms with van der Waals surface area (Å²) in [6.45, 7) is 0. The van der Waals surface area contributed by atoms with Crippen LogP contribution in [0.15, 0.2) is 22.9 Å². The van der Waals surface area contributed by atoms with E-state index < -0.39 is 0 Å². The second-order valence-electron chi connectivity index (χ2n) is 2.33. The van der Waals surface area contributed by atoms with Gasteiger partial charge in [0.1, 0.15) is 10.4 Å². The number of nitrogens with one attached hydrogen (secondary N) is 1. The van der Waals surface area contributed by atoms with E-state index in [1.807, 2.05) is 0 Å². The molecule has 1 aromatic rings. The molecule has 0 atom stereocenters. The Labute approximate surface area is 79.0 Å². The van der Waals surface area contributed by atoms with Crippen molar-refractivity contribution < 1.29 is 0 Å². The molecule has 0 saturated carbocycles. The van der Waals surface area contributed by atoms with Gasteiger partial charge in [-0.2, -0.15) is 0 Å². The first-order valence-electron chi connectivity index (χ1n) is 3.30. The van der Waals surface area contributed by atoms with Crippen molar-refractivity contribution in [3.8, 4) is 0 Å². The Morgan fingerprint density at radius 1 is 1.67 bits per heavy atom. The van der Waals surface area contributed by atoms with Crippen molar-refractivity contribution in [2.24, 2.45) is 5.84 Å². The van der Waals surface area contributed by atoms with Gasteiger partial charge in [0.2, 0.25) is 0 Å². The molecule has 12 heavy (non-hydrogen) atoms. The maximum absolute atomic E-state index is 7.50. The predicted octanol–water partition coefficient (Wildman–Crippen LogP) is 0.975. The van der Waals surface area contributed by atoms with Crippen LogP contribution < -0.4 is 5.84 Å². The zero-order chi connectivity index (χ0) is 9.14. The maximum atomic E-state index is 7.50. The van der Waals surface area contributed by atoms with Crippen LogP contribution in [0.5, 0.6) is 0 Å². The van der Waals surface area contributed by atoms with Gasteiger partial charge in [0.05, 0.1) is 0 Å². The summed E-state index contributed by atoms with van der Waals surface area (Å²) >= 11 is 3.21. The van der Waals surface area contributed by atoms with Crippen LogP contribution in [0.3, 0.4) is 0 Å². The average molecular weight is 229 g/mol. The Bertz CT molecular complexity index is 280. The van der Waals surface area contributed by atoms with E-state index in [9.17, 15) is 0 Å². The van der Waals surface area contributed by atoms with E-state index in [0.29, 0.717) is 5.56 Å². The zero-order valence-electron chi connectivity index (χ0n) is 6.58. The molecule has 0 bridgehead atoms. The van der Waals surface area contributed by atoms with Gasteiger partial charge in [0.15, 0.2) is 0 Å². The van der Waals surface area contributed by atoms with Crippen LogP contribution in [0, 0.1) is 5.41 Å². The van der Waals surface area contributed by atoms with Crippen molar-refractivity contribution in [2.45, 2.75) is 0 Å². The number of nitrogens with two attached hydrogens (primary N) is 1. The van der Waals surface area contributed by atoms with Crippen LogP contribution in [0.25, 0.3) is 0 Å². The number of halogens is 1. The quantitative estimate of drug-likeness (QED) is 0.248. The second-order valence-corrected chi connectivity index (χ2v) is 3.14. The van der Waals surface area contributed by atoms with Gasteiger partial charge in [-0.05, 0) is 28.1 Å². The van der Waals surface area contributed by atoms with Crippen molar-refractivity contribution in [3.05, 3.63) is 28.5 Å². The van der Waals surface area contributed by atoms with Gasteiger partial charge in [0, 0.05) is 18.8 Å². The number of rotatable bonds is 1. The third kappa shape index (κ3) is 2.02. The van der Waals surface area contributed by atoms with Crippen LogP contribution in [0.4, 0.5) is 0 Å². The van der Waals surface area contributed by atoms with Crippen LogP contribution in [0.1, 0.15) is 5.56 Å². The molecule has 1 aromatic heterocycles. The van der Waals surface area contributed by atoms with Crippen molar-refractivity contribution in [1.29, 1.82) is 5.41 Å². The summed E-state index contributed by atoms with van der Waals surface area (Å²) in [5, 5.41) is 8.74. The SMILES string of the molecule is CN(N)C(=N)c1ccc(Br)nc1. The first-order chi connectivity index (χ1) is 5.61. The largest absolute Gasteiger partial charge is 0.298 e. The average Bonchev–Trinajstić information content (AvgIpc) is 2.04. The summed E-state index contributed by atoms with van der Waals surface area (Å²) in [7, 11) is 1.62. The lowest BCUT2D eigenvalue weighted by Gasteiger charge is -2.12. The summed E-state index contributed by atoms with van der Waals surface area (Å²) < 4.78 is 0.749. The number of hydrogen-bond donors (Lipinski definition) is 2. The fourth-order valence-corrected chi connectivity index (χ4v) is 0.954. The Kier molecular flexibility index (Phi) is 2.78. The molecule has 0 aliphatic carbocycles. The molecule has 0 aromatic carbocycles. The van der Waals surface area contributed by atoms with E-state index in [-0.39, 0.29) is 5.84 Å². The van der Waals surface area contributed by atoms with E-state index >= 15 is 0 Å². The van der Waals surface area contributed by atoms with Gasteiger partial charge in [-0.3, -0.25) is 10.4 Å². The summed E-state index contributed by atoms with van der Waals surface area (Å²) in [6.07, 6.45) is 1.59. The Morgan fingerprint density at radius 3 is 2.75 bits per heavy atom. The highest BCUT2D eigenvalue weighted by Gasteiger charge is 2.02. The number of hydrogen-bond acceptors (Lipinski definition) is 3. The molecule has 0 unspecified atom stereocenters. The fourth-order valence-electron chi connectivity index (χ4n) is 0.720. The topological polar surface area (TPSA) is 66.0 Å². The van der Waals surface area contributed by atoms with Crippen LogP contribution in [-0.2, 0) is 0 Å². The number of nitrogens with zero attached hydrogens (tertiary/aromatic N) is 2. The molecule has 64 valence electrons. The van der Waals surface area contributed by atoms with Gasteiger partial charge < -0.3 is 0 Å². The molecule has 0 aliphatic rings. The van der Waals surface area contributed by atoms with E-state index in [0.717, 1.165) is 4.60 Å². The van der Waals surface area contributed by atoms with Crippen molar-refractivity contribution in [1.82, 2.24) is 9.99 Å². The van der Waals surface area contributed by atoms with E-state index in [1.165, 1.54) is 5.01 Å². The lowest BCUT2D eigenvalue weighted by atomic mass is 10.2. The fraction of sp³-hybridized carbons (Fsp3) is 0.143. The molecule has 5 heteroatoms. The zero-order valence-corrected chi connectivity index (χ0v) is 8.17.